The molecule has 1 aliphatic rings. The summed E-state index contributed by atoms with van der Waals surface area (Å²) >= 11 is 0. The summed E-state index contributed by atoms with van der Waals surface area (Å²) in [4.78, 5) is 30.0. The lowest BCUT2D eigenvalue weighted by atomic mass is 9.98. The fourth-order valence-electron chi connectivity index (χ4n) is 3.78. The number of amides is 1. The quantitative estimate of drug-likeness (QED) is 0.468. The molecule has 0 aliphatic carbocycles. The molecule has 2 heterocycles. The number of aromatic carboxylic acids is 1. The molecule has 6 nitrogen and oxygen atoms in total. The molecule has 36 heavy (non-hydrogen) atoms. The average molecular weight is 510 g/mol. The van der Waals surface area contributed by atoms with Gasteiger partial charge in [-0.2, -0.15) is 26.3 Å². The van der Waals surface area contributed by atoms with Gasteiger partial charge in [0, 0.05) is 12.1 Å². The molecule has 0 atom stereocenters. The molecule has 188 valence electrons. The van der Waals surface area contributed by atoms with E-state index in [4.69, 9.17) is 4.74 Å². The molecule has 0 fully saturated rings. The second-order valence-electron chi connectivity index (χ2n) is 7.90. The van der Waals surface area contributed by atoms with Crippen LogP contribution in [0.25, 0.3) is 11.1 Å². The summed E-state index contributed by atoms with van der Waals surface area (Å²) in [6, 6.07) is 10.5. The predicted octanol–water partition coefficient (Wildman–Crippen LogP) is 5.52. The van der Waals surface area contributed by atoms with E-state index in [1.807, 2.05) is 0 Å². The lowest BCUT2D eigenvalue weighted by molar-refractivity contribution is -0.143. The number of aromatic nitrogens is 1. The van der Waals surface area contributed by atoms with E-state index < -0.39 is 47.6 Å². The molecule has 1 amide bonds. The number of carboxylic acids is 1. The summed E-state index contributed by atoms with van der Waals surface area (Å²) in [5.41, 5.74) is -3.34. The fourth-order valence-corrected chi connectivity index (χ4v) is 3.78. The summed E-state index contributed by atoms with van der Waals surface area (Å²) in [5, 5.41) is 9.43. The molecule has 0 spiro atoms. The van der Waals surface area contributed by atoms with Crippen LogP contribution in [-0.2, 0) is 18.9 Å². The minimum absolute atomic E-state index is 0.0109. The summed E-state index contributed by atoms with van der Waals surface area (Å²) in [7, 11) is 0. The number of nitrogens with zero attached hydrogens (tertiary/aromatic N) is 2. The minimum atomic E-state index is -5.04. The molecule has 0 radical (unpaired) electrons. The number of hydrogen-bond donors (Lipinski definition) is 1. The number of carbonyl (C=O) groups is 2. The van der Waals surface area contributed by atoms with Gasteiger partial charge >= 0.3 is 18.3 Å². The predicted molar refractivity (Wildman–Crippen MR) is 113 cm³/mol. The Morgan fingerprint density at radius 3 is 2.14 bits per heavy atom. The van der Waals surface area contributed by atoms with E-state index in [1.54, 1.807) is 30.3 Å². The lowest BCUT2D eigenvalue weighted by Crippen LogP contribution is -2.32. The molecular formula is C24H16F6N2O4. The van der Waals surface area contributed by atoms with Crippen LogP contribution in [0.4, 0.5) is 26.3 Å². The van der Waals surface area contributed by atoms with E-state index in [-0.39, 0.29) is 41.8 Å². The first-order chi connectivity index (χ1) is 16.8. The first-order valence-electron chi connectivity index (χ1n) is 10.4. The van der Waals surface area contributed by atoms with Gasteiger partial charge in [-0.3, -0.25) is 4.79 Å². The Morgan fingerprint density at radius 2 is 1.58 bits per heavy atom. The van der Waals surface area contributed by atoms with Crippen molar-refractivity contribution in [3.63, 3.8) is 0 Å². The third-order valence-electron chi connectivity index (χ3n) is 5.41. The Kier molecular flexibility index (Phi) is 6.37. The van der Waals surface area contributed by atoms with Crippen molar-refractivity contribution in [3.8, 4) is 17.0 Å². The van der Waals surface area contributed by atoms with Crippen LogP contribution in [0.2, 0.25) is 0 Å². The highest BCUT2D eigenvalue weighted by Crippen LogP contribution is 2.37. The summed E-state index contributed by atoms with van der Waals surface area (Å²) < 4.78 is 85.1. The molecule has 2 aromatic carbocycles. The number of alkyl halides is 6. The Hall–Kier alpha value is -4.09. The first kappa shape index (κ1) is 25.0. The number of carboxylic acid groups (broad SMARTS) is 1. The Balaban J connectivity index is 1.80. The third kappa shape index (κ3) is 5.11. The van der Waals surface area contributed by atoms with Crippen LogP contribution >= 0.6 is 0 Å². The van der Waals surface area contributed by atoms with Crippen molar-refractivity contribution < 1.29 is 45.8 Å². The Labute approximate surface area is 199 Å². The zero-order chi connectivity index (χ0) is 26.3. The van der Waals surface area contributed by atoms with Crippen LogP contribution in [0.3, 0.4) is 0 Å². The second kappa shape index (κ2) is 9.17. The molecule has 0 unspecified atom stereocenters. The van der Waals surface area contributed by atoms with Crippen LogP contribution in [0.15, 0.2) is 54.6 Å². The molecule has 0 bridgehead atoms. The number of ether oxygens (including phenoxy) is 1. The zero-order valence-corrected chi connectivity index (χ0v) is 18.2. The van der Waals surface area contributed by atoms with Crippen molar-refractivity contribution in [2.45, 2.75) is 18.9 Å². The smallest absolute Gasteiger partial charge is 0.416 e. The van der Waals surface area contributed by atoms with Crippen molar-refractivity contribution in [2.75, 3.05) is 13.2 Å². The first-order valence-corrected chi connectivity index (χ1v) is 10.4. The van der Waals surface area contributed by atoms with E-state index in [0.29, 0.717) is 17.7 Å². The minimum Gasteiger partial charge on any atom is -0.477 e. The maximum Gasteiger partial charge on any atom is 0.416 e. The van der Waals surface area contributed by atoms with E-state index in [2.05, 4.69) is 4.98 Å². The molecule has 12 heteroatoms. The SMILES string of the molecule is O=C(O)c1cc(-c2ccccc2)c2c(n1)OCCN(Cc1cc(C(F)(F)F)cc(C(F)(F)F)c1)C2=O. The number of carbonyl (C=O) groups excluding carboxylic acids is 1. The summed E-state index contributed by atoms with van der Waals surface area (Å²) in [6.07, 6.45) is -10.1. The van der Waals surface area contributed by atoms with E-state index in [1.165, 1.54) is 0 Å². The maximum absolute atomic E-state index is 13.5. The Bertz CT molecular complexity index is 1290. The molecule has 0 saturated heterocycles. The standard InChI is InChI=1S/C24H16F6N2O4/c25-23(26,27)15-8-13(9-16(10-15)24(28,29)30)12-32-6-7-36-20-19(21(32)33)17(11-18(31-20)22(34)35)14-4-2-1-3-5-14/h1-5,8-11H,6-7,12H2,(H,34,35). The zero-order valence-electron chi connectivity index (χ0n) is 18.2. The van der Waals surface area contributed by atoms with Gasteiger partial charge in [0.2, 0.25) is 5.88 Å². The topological polar surface area (TPSA) is 79.7 Å². The van der Waals surface area contributed by atoms with Gasteiger partial charge in [0.05, 0.1) is 17.7 Å². The molecule has 1 aromatic heterocycles. The molecule has 1 aliphatic heterocycles. The Morgan fingerprint density at radius 1 is 0.972 bits per heavy atom. The maximum atomic E-state index is 13.5. The van der Waals surface area contributed by atoms with Crippen LogP contribution < -0.4 is 4.74 Å². The van der Waals surface area contributed by atoms with Gasteiger partial charge in [0.25, 0.3) is 5.91 Å². The molecule has 3 aromatic rings. The summed E-state index contributed by atoms with van der Waals surface area (Å²) in [6.45, 7) is -0.985. The highest BCUT2D eigenvalue weighted by Gasteiger charge is 2.37. The van der Waals surface area contributed by atoms with Gasteiger partial charge in [-0.1, -0.05) is 30.3 Å². The van der Waals surface area contributed by atoms with Crippen molar-refractivity contribution in [2.24, 2.45) is 0 Å². The van der Waals surface area contributed by atoms with Crippen molar-refractivity contribution in [1.29, 1.82) is 0 Å². The van der Waals surface area contributed by atoms with Crippen molar-refractivity contribution in [3.05, 3.63) is 82.5 Å². The van der Waals surface area contributed by atoms with Gasteiger partial charge in [0.15, 0.2) is 5.69 Å². The average Bonchev–Trinajstić information content (AvgIpc) is 2.96. The largest absolute Gasteiger partial charge is 0.477 e. The third-order valence-corrected chi connectivity index (χ3v) is 5.41. The molecule has 0 saturated carbocycles. The number of halogens is 6. The highest BCUT2D eigenvalue weighted by atomic mass is 19.4. The highest BCUT2D eigenvalue weighted by molar-refractivity contribution is 6.04. The van der Waals surface area contributed by atoms with Crippen LogP contribution in [-0.4, -0.2) is 40.0 Å². The second-order valence-corrected chi connectivity index (χ2v) is 7.90. The van der Waals surface area contributed by atoms with Gasteiger partial charge in [-0.05, 0) is 35.4 Å². The number of hydrogen-bond acceptors (Lipinski definition) is 4. The number of benzene rings is 2. The van der Waals surface area contributed by atoms with Crippen molar-refractivity contribution >= 4 is 11.9 Å². The van der Waals surface area contributed by atoms with Crippen molar-refractivity contribution in [1.82, 2.24) is 9.88 Å². The number of rotatable bonds is 4. The summed E-state index contributed by atoms with van der Waals surface area (Å²) in [5.74, 6) is -2.45. The van der Waals surface area contributed by atoms with E-state index >= 15 is 0 Å². The number of fused-ring (bicyclic) bond motifs is 1. The lowest BCUT2D eigenvalue weighted by Gasteiger charge is -2.22. The van der Waals surface area contributed by atoms with Crippen LogP contribution in [0.5, 0.6) is 5.88 Å². The van der Waals surface area contributed by atoms with Gasteiger partial charge in [-0.15, -0.1) is 0 Å². The monoisotopic (exact) mass is 510 g/mol. The van der Waals surface area contributed by atoms with Gasteiger partial charge < -0.3 is 14.7 Å². The molecule has 4 rings (SSSR count). The van der Waals surface area contributed by atoms with Crippen LogP contribution in [0, 0.1) is 0 Å². The molecule has 1 N–H and O–H groups in total. The van der Waals surface area contributed by atoms with Gasteiger partial charge in [0.1, 0.15) is 12.2 Å². The van der Waals surface area contributed by atoms with E-state index in [0.717, 1.165) is 11.0 Å². The van der Waals surface area contributed by atoms with E-state index in [9.17, 15) is 41.0 Å². The number of pyridine rings is 1. The van der Waals surface area contributed by atoms with Gasteiger partial charge in [-0.25, -0.2) is 9.78 Å². The molecular weight excluding hydrogens is 494 g/mol. The fraction of sp³-hybridized carbons (Fsp3) is 0.208. The van der Waals surface area contributed by atoms with Crippen LogP contribution in [0.1, 0.15) is 37.5 Å². The normalized spacial score (nSPS) is 14.2.